The number of nitrogens with two attached hydrogens (primary N) is 1. The van der Waals surface area contributed by atoms with Crippen molar-refractivity contribution in [3.63, 3.8) is 0 Å². The Kier molecular flexibility index (Phi) is 13.0. The number of guanidine groups is 1. The van der Waals surface area contributed by atoms with Crippen molar-refractivity contribution in [1.29, 1.82) is 5.41 Å². The summed E-state index contributed by atoms with van der Waals surface area (Å²) in [7, 11) is 0. The van der Waals surface area contributed by atoms with Gasteiger partial charge in [-0.05, 0) is 43.0 Å². The Morgan fingerprint density at radius 3 is 1.83 bits per heavy atom. The van der Waals surface area contributed by atoms with Crippen LogP contribution in [0.15, 0.2) is 60.7 Å². The van der Waals surface area contributed by atoms with Crippen LogP contribution in [0, 0.1) is 11.3 Å². The van der Waals surface area contributed by atoms with Gasteiger partial charge in [-0.1, -0.05) is 50.2 Å². The third kappa shape index (κ3) is 10.6. The fourth-order valence-corrected chi connectivity index (χ4v) is 4.21. The molecule has 0 aliphatic carbocycles. The van der Waals surface area contributed by atoms with Gasteiger partial charge in [0.2, 0.25) is 23.6 Å². The van der Waals surface area contributed by atoms with E-state index in [2.05, 4.69) is 16.0 Å². The predicted octanol–water partition coefficient (Wildman–Crippen LogP) is 1.05. The molecular formula is C29H39N7O6. The lowest BCUT2D eigenvalue weighted by molar-refractivity contribution is -0.137. The minimum atomic E-state index is -1.22. The zero-order chi connectivity index (χ0) is 31.2. The van der Waals surface area contributed by atoms with Crippen molar-refractivity contribution < 1.29 is 29.1 Å². The largest absolute Gasteiger partial charge is 0.480 e. The summed E-state index contributed by atoms with van der Waals surface area (Å²) in [6, 6.07) is 14.6. The van der Waals surface area contributed by atoms with Crippen molar-refractivity contribution in [1.82, 2.24) is 16.0 Å². The lowest BCUT2D eigenvalue weighted by Gasteiger charge is -2.31. The van der Waals surface area contributed by atoms with Gasteiger partial charge in [-0.2, -0.15) is 0 Å². The monoisotopic (exact) mass is 581 g/mol. The van der Waals surface area contributed by atoms with Crippen LogP contribution in [-0.4, -0.2) is 72.4 Å². The first-order chi connectivity index (χ1) is 19.9. The number of carbonyl (C=O) groups is 5. The van der Waals surface area contributed by atoms with Gasteiger partial charge in [0.1, 0.15) is 25.2 Å². The molecule has 2 unspecified atom stereocenters. The average Bonchev–Trinajstić information content (AvgIpc) is 2.94. The van der Waals surface area contributed by atoms with Crippen molar-refractivity contribution in [2.24, 2.45) is 11.7 Å². The van der Waals surface area contributed by atoms with Crippen molar-refractivity contribution in [3.05, 3.63) is 60.7 Å². The van der Waals surface area contributed by atoms with Gasteiger partial charge in [0.25, 0.3) is 0 Å². The second-order valence-electron chi connectivity index (χ2n) is 9.94. The van der Waals surface area contributed by atoms with Crippen molar-refractivity contribution >= 4 is 46.9 Å². The van der Waals surface area contributed by atoms with E-state index in [4.69, 9.17) is 11.1 Å². The predicted molar refractivity (Wildman–Crippen MR) is 159 cm³/mol. The molecule has 13 nitrogen and oxygen atoms in total. The molecule has 2 rings (SSSR count). The Morgan fingerprint density at radius 1 is 0.857 bits per heavy atom. The molecule has 0 heterocycles. The number of carboxylic acid groups (broad SMARTS) is 1. The highest BCUT2D eigenvalue weighted by Crippen LogP contribution is 2.19. The average molecular weight is 582 g/mol. The summed E-state index contributed by atoms with van der Waals surface area (Å²) in [5, 5.41) is 24.7. The first kappa shape index (κ1) is 33.3. The molecule has 0 fully saturated rings. The second kappa shape index (κ2) is 16.4. The zero-order valence-electron chi connectivity index (χ0n) is 24.0. The van der Waals surface area contributed by atoms with Crippen LogP contribution >= 0.6 is 0 Å². The number of nitrogens with zero attached hydrogens (tertiary/aromatic N) is 2. The van der Waals surface area contributed by atoms with E-state index < -0.39 is 60.7 Å². The number of rotatable bonds is 15. The fourth-order valence-electron chi connectivity index (χ4n) is 4.21. The SMILES string of the molecule is CC(=O)NC(CCCNC(=N)N)C(=O)N(CC(=O)NC(C(=O)N(CC(=O)O)c1ccccc1)C(C)C)c1ccccc1. The van der Waals surface area contributed by atoms with Crippen LogP contribution in [0.2, 0.25) is 0 Å². The number of aliphatic carboxylic acids is 1. The molecule has 4 amide bonds. The van der Waals surface area contributed by atoms with E-state index in [1.54, 1.807) is 74.5 Å². The minimum absolute atomic E-state index is 0.206. The van der Waals surface area contributed by atoms with E-state index in [9.17, 15) is 29.1 Å². The number of carboxylic acids is 1. The van der Waals surface area contributed by atoms with Crippen LogP contribution in [0.5, 0.6) is 0 Å². The Bertz CT molecular complexity index is 1240. The molecule has 2 aromatic carbocycles. The number of carbonyl (C=O) groups excluding carboxylic acids is 4. The molecule has 0 aliphatic rings. The molecule has 13 heteroatoms. The second-order valence-corrected chi connectivity index (χ2v) is 9.94. The van der Waals surface area contributed by atoms with Gasteiger partial charge in [-0.15, -0.1) is 0 Å². The maximum Gasteiger partial charge on any atom is 0.323 e. The summed E-state index contributed by atoms with van der Waals surface area (Å²) >= 11 is 0. The molecule has 42 heavy (non-hydrogen) atoms. The summed E-state index contributed by atoms with van der Waals surface area (Å²) in [6.07, 6.45) is 0.603. The number of para-hydroxylation sites is 2. The summed E-state index contributed by atoms with van der Waals surface area (Å²) < 4.78 is 0. The van der Waals surface area contributed by atoms with Crippen LogP contribution in [0.3, 0.4) is 0 Å². The zero-order valence-corrected chi connectivity index (χ0v) is 24.0. The molecule has 0 saturated heterocycles. The number of benzene rings is 2. The molecule has 0 spiro atoms. The van der Waals surface area contributed by atoms with Crippen LogP contribution in [-0.2, 0) is 24.0 Å². The van der Waals surface area contributed by atoms with Crippen LogP contribution < -0.4 is 31.5 Å². The van der Waals surface area contributed by atoms with Gasteiger partial charge >= 0.3 is 5.97 Å². The lowest BCUT2D eigenvalue weighted by Crippen LogP contribution is -2.56. The van der Waals surface area contributed by atoms with Crippen molar-refractivity contribution in [2.75, 3.05) is 29.4 Å². The third-order valence-electron chi connectivity index (χ3n) is 6.17. The highest BCUT2D eigenvalue weighted by atomic mass is 16.4. The normalized spacial score (nSPS) is 12.0. The Hall–Kier alpha value is -4.94. The summed E-state index contributed by atoms with van der Waals surface area (Å²) in [5.41, 5.74) is 6.08. The van der Waals surface area contributed by atoms with Gasteiger partial charge in [-0.3, -0.25) is 34.3 Å². The van der Waals surface area contributed by atoms with E-state index in [0.717, 1.165) is 4.90 Å². The standard InChI is InChI=1S/C29H39N7O6/c1-19(2)26(28(42)36(18-25(39)40)22-13-8-5-9-14-22)34-24(38)17-35(21-11-6-4-7-12-21)27(41)23(33-20(3)37)15-10-16-32-29(30)31/h4-9,11-14,19,23,26H,10,15-18H2,1-3H3,(H,33,37)(H,34,38)(H,39,40)(H4,30,31,32). The number of anilines is 2. The van der Waals surface area contributed by atoms with Gasteiger partial charge in [0.05, 0.1) is 0 Å². The lowest BCUT2D eigenvalue weighted by atomic mass is 10.0. The maximum atomic E-state index is 13.7. The molecule has 0 radical (unpaired) electrons. The highest BCUT2D eigenvalue weighted by Gasteiger charge is 2.33. The molecule has 7 N–H and O–H groups in total. The van der Waals surface area contributed by atoms with E-state index >= 15 is 0 Å². The van der Waals surface area contributed by atoms with E-state index in [-0.39, 0.29) is 12.4 Å². The van der Waals surface area contributed by atoms with Gasteiger partial charge in [0.15, 0.2) is 5.96 Å². The van der Waals surface area contributed by atoms with Gasteiger partial charge in [-0.25, -0.2) is 0 Å². The van der Waals surface area contributed by atoms with E-state index in [1.807, 2.05) is 0 Å². The Morgan fingerprint density at radius 2 is 1.38 bits per heavy atom. The summed E-state index contributed by atoms with van der Waals surface area (Å²) in [5.74, 6) is -4.09. The van der Waals surface area contributed by atoms with Gasteiger partial charge in [0, 0.05) is 24.8 Å². The molecule has 2 atom stereocenters. The minimum Gasteiger partial charge on any atom is -0.480 e. The van der Waals surface area contributed by atoms with E-state index in [0.29, 0.717) is 24.3 Å². The first-order valence-corrected chi connectivity index (χ1v) is 13.5. The number of nitrogens with one attached hydrogen (secondary N) is 4. The van der Waals surface area contributed by atoms with E-state index in [1.165, 1.54) is 11.8 Å². The first-order valence-electron chi connectivity index (χ1n) is 13.5. The molecule has 0 bridgehead atoms. The molecule has 0 aromatic heterocycles. The molecule has 0 aliphatic heterocycles. The summed E-state index contributed by atoms with van der Waals surface area (Å²) in [6.45, 7) is 3.95. The molecule has 0 saturated carbocycles. The van der Waals surface area contributed by atoms with Crippen molar-refractivity contribution in [2.45, 2.75) is 45.7 Å². The van der Waals surface area contributed by atoms with Crippen molar-refractivity contribution in [3.8, 4) is 0 Å². The number of amides is 4. The van der Waals surface area contributed by atoms with Crippen LogP contribution in [0.4, 0.5) is 11.4 Å². The third-order valence-corrected chi connectivity index (χ3v) is 6.17. The topological polar surface area (TPSA) is 198 Å². The maximum absolute atomic E-state index is 13.7. The summed E-state index contributed by atoms with van der Waals surface area (Å²) in [4.78, 5) is 66.5. The number of hydrogen-bond donors (Lipinski definition) is 6. The van der Waals surface area contributed by atoms with Gasteiger partial charge < -0.3 is 31.7 Å². The molecule has 2 aromatic rings. The number of hydrogen-bond acceptors (Lipinski definition) is 6. The molecule has 226 valence electrons. The van der Waals surface area contributed by atoms with Crippen LogP contribution in [0.25, 0.3) is 0 Å². The molecular weight excluding hydrogens is 542 g/mol. The quantitative estimate of drug-likeness (QED) is 0.102. The van der Waals surface area contributed by atoms with Crippen LogP contribution in [0.1, 0.15) is 33.6 Å². The Labute approximate surface area is 244 Å². The Balaban J connectivity index is 2.31. The fraction of sp³-hybridized carbons (Fsp3) is 0.379. The smallest absolute Gasteiger partial charge is 0.323 e. The highest BCUT2D eigenvalue weighted by molar-refractivity contribution is 6.05.